The van der Waals surface area contributed by atoms with Crippen LogP contribution in [0.3, 0.4) is 0 Å². The Hall–Kier alpha value is -0.810. The lowest BCUT2D eigenvalue weighted by Crippen LogP contribution is -2.29. The lowest BCUT2D eigenvalue weighted by Gasteiger charge is -2.22. The highest BCUT2D eigenvalue weighted by Crippen LogP contribution is 2.25. The third-order valence-electron chi connectivity index (χ3n) is 2.91. The number of carbonyl (C=O) groups excluding carboxylic acids is 1. The number of rotatable bonds is 8. The van der Waals surface area contributed by atoms with Crippen LogP contribution in [0.25, 0.3) is 0 Å². The van der Waals surface area contributed by atoms with Crippen LogP contribution in [0.4, 0.5) is 0 Å². The molecule has 0 aromatic heterocycles. The molecule has 0 spiro atoms. The van der Waals surface area contributed by atoms with Gasteiger partial charge in [-0.2, -0.15) is 0 Å². The van der Waals surface area contributed by atoms with Gasteiger partial charge in [-0.05, 0) is 12.1 Å². The smallest absolute Gasteiger partial charge is 0.306 e. The molecule has 0 unspecified atom stereocenters. The summed E-state index contributed by atoms with van der Waals surface area (Å²) in [5.41, 5.74) is 0.858. The Balaban J connectivity index is 2.70. The van der Waals surface area contributed by atoms with Gasteiger partial charge in [0.25, 0.3) is 0 Å². The van der Waals surface area contributed by atoms with Gasteiger partial charge < -0.3 is 9.47 Å². The van der Waals surface area contributed by atoms with Crippen LogP contribution in [0.1, 0.15) is 12.0 Å². The predicted molar refractivity (Wildman–Crippen MR) is 80.2 cm³/mol. The molecule has 0 amide bonds. The fourth-order valence-electron chi connectivity index (χ4n) is 1.75. The van der Waals surface area contributed by atoms with Gasteiger partial charge in [-0.1, -0.05) is 29.3 Å². The largest absolute Gasteiger partial charge is 0.469 e. The first kappa shape index (κ1) is 17.2. The highest BCUT2D eigenvalue weighted by Gasteiger charge is 2.13. The van der Waals surface area contributed by atoms with Gasteiger partial charge in [0, 0.05) is 42.4 Å². The molecule has 4 nitrogen and oxygen atoms in total. The SMILES string of the molecule is COCCN(CCC(=O)OC)Cc1c(Cl)cccc1Cl. The van der Waals surface area contributed by atoms with Crippen LogP contribution in [0, 0.1) is 0 Å². The molecule has 0 aliphatic rings. The second-order valence-corrected chi connectivity index (χ2v) is 5.11. The zero-order valence-corrected chi connectivity index (χ0v) is 13.2. The van der Waals surface area contributed by atoms with Gasteiger partial charge in [0.15, 0.2) is 0 Å². The van der Waals surface area contributed by atoms with Crippen molar-refractivity contribution >= 4 is 29.2 Å². The van der Waals surface area contributed by atoms with Crippen LogP contribution >= 0.6 is 23.2 Å². The molecule has 0 radical (unpaired) electrons. The molecule has 6 heteroatoms. The average Bonchev–Trinajstić information content (AvgIpc) is 2.44. The quantitative estimate of drug-likeness (QED) is 0.690. The standard InChI is InChI=1S/C14H19Cl2NO3/c1-19-9-8-17(7-6-14(18)20-2)10-11-12(15)4-3-5-13(11)16/h3-5H,6-10H2,1-2H3. The van der Waals surface area contributed by atoms with E-state index in [0.717, 1.165) is 5.56 Å². The van der Waals surface area contributed by atoms with Crippen molar-refractivity contribution in [3.05, 3.63) is 33.8 Å². The molecule has 0 saturated carbocycles. The molecule has 0 atom stereocenters. The Kier molecular flexibility index (Phi) is 7.92. The maximum Gasteiger partial charge on any atom is 0.306 e. The second-order valence-electron chi connectivity index (χ2n) is 4.30. The first-order valence-electron chi connectivity index (χ1n) is 6.29. The topological polar surface area (TPSA) is 38.8 Å². The van der Waals surface area contributed by atoms with E-state index in [4.69, 9.17) is 27.9 Å². The summed E-state index contributed by atoms with van der Waals surface area (Å²) in [6.07, 6.45) is 0.322. The summed E-state index contributed by atoms with van der Waals surface area (Å²) in [7, 11) is 3.02. The van der Waals surface area contributed by atoms with Gasteiger partial charge in [0.05, 0.1) is 20.1 Å². The molecule has 1 rings (SSSR count). The van der Waals surface area contributed by atoms with Crippen molar-refractivity contribution < 1.29 is 14.3 Å². The minimum absolute atomic E-state index is 0.238. The minimum atomic E-state index is -0.238. The lowest BCUT2D eigenvalue weighted by atomic mass is 10.2. The highest BCUT2D eigenvalue weighted by atomic mass is 35.5. The zero-order chi connectivity index (χ0) is 15.0. The summed E-state index contributed by atoms with van der Waals surface area (Å²) in [4.78, 5) is 13.3. The molecule has 20 heavy (non-hydrogen) atoms. The summed E-state index contributed by atoms with van der Waals surface area (Å²) in [6.45, 7) is 2.40. The first-order valence-corrected chi connectivity index (χ1v) is 7.05. The molecule has 1 aromatic rings. The van der Waals surface area contributed by atoms with E-state index in [9.17, 15) is 4.79 Å². The number of methoxy groups -OCH3 is 2. The number of carbonyl (C=O) groups is 1. The van der Waals surface area contributed by atoms with Gasteiger partial charge in [-0.3, -0.25) is 9.69 Å². The Bertz CT molecular complexity index is 420. The van der Waals surface area contributed by atoms with Crippen LogP contribution in [-0.2, 0) is 20.8 Å². The van der Waals surface area contributed by atoms with E-state index in [1.807, 2.05) is 6.07 Å². The molecule has 0 saturated heterocycles. The van der Waals surface area contributed by atoms with Gasteiger partial charge in [-0.15, -0.1) is 0 Å². The van der Waals surface area contributed by atoms with Gasteiger partial charge >= 0.3 is 5.97 Å². The van der Waals surface area contributed by atoms with Crippen molar-refractivity contribution in [2.45, 2.75) is 13.0 Å². The molecule has 0 bridgehead atoms. The lowest BCUT2D eigenvalue weighted by molar-refractivity contribution is -0.141. The van der Waals surface area contributed by atoms with Crippen molar-refractivity contribution in [1.82, 2.24) is 4.90 Å². The first-order chi connectivity index (χ1) is 9.58. The maximum absolute atomic E-state index is 11.2. The number of halogens is 2. The second kappa shape index (κ2) is 9.19. The number of esters is 1. The normalized spacial score (nSPS) is 10.8. The Morgan fingerprint density at radius 2 is 1.85 bits per heavy atom. The van der Waals surface area contributed by atoms with Gasteiger partial charge in [-0.25, -0.2) is 0 Å². The number of hydrogen-bond acceptors (Lipinski definition) is 4. The minimum Gasteiger partial charge on any atom is -0.469 e. The highest BCUT2D eigenvalue weighted by molar-refractivity contribution is 6.35. The summed E-state index contributed by atoms with van der Waals surface area (Å²) >= 11 is 12.3. The summed E-state index contributed by atoms with van der Waals surface area (Å²) in [5, 5.41) is 1.25. The molecule has 0 aliphatic carbocycles. The van der Waals surface area contributed by atoms with Crippen molar-refractivity contribution in [3.8, 4) is 0 Å². The molecule has 0 aliphatic heterocycles. The Morgan fingerprint density at radius 3 is 2.40 bits per heavy atom. The van der Waals surface area contributed by atoms with Crippen LogP contribution < -0.4 is 0 Å². The van der Waals surface area contributed by atoms with Gasteiger partial charge in [0.2, 0.25) is 0 Å². The summed E-state index contributed by atoms with van der Waals surface area (Å²) in [5.74, 6) is -0.238. The number of hydrogen-bond donors (Lipinski definition) is 0. The van der Waals surface area contributed by atoms with E-state index in [1.54, 1.807) is 19.2 Å². The number of nitrogens with zero attached hydrogens (tertiary/aromatic N) is 1. The van der Waals surface area contributed by atoms with Crippen molar-refractivity contribution in [2.75, 3.05) is 33.9 Å². The third-order valence-corrected chi connectivity index (χ3v) is 3.62. The molecule has 0 fully saturated rings. The van der Waals surface area contributed by atoms with Gasteiger partial charge in [0.1, 0.15) is 0 Å². The van der Waals surface area contributed by atoms with Crippen molar-refractivity contribution in [3.63, 3.8) is 0 Å². The Morgan fingerprint density at radius 1 is 1.20 bits per heavy atom. The van der Waals surface area contributed by atoms with Crippen molar-refractivity contribution in [2.24, 2.45) is 0 Å². The fourth-order valence-corrected chi connectivity index (χ4v) is 2.27. The Labute approximate surface area is 129 Å². The maximum atomic E-state index is 11.2. The van der Waals surface area contributed by atoms with Crippen molar-refractivity contribution in [1.29, 1.82) is 0 Å². The zero-order valence-electron chi connectivity index (χ0n) is 11.7. The molecule has 0 heterocycles. The molecular formula is C14H19Cl2NO3. The molecular weight excluding hydrogens is 301 g/mol. The average molecular weight is 320 g/mol. The number of ether oxygens (including phenoxy) is 2. The summed E-state index contributed by atoms with van der Waals surface area (Å²) < 4.78 is 9.73. The van der Waals surface area contributed by atoms with E-state index in [1.165, 1.54) is 7.11 Å². The van der Waals surface area contributed by atoms with E-state index in [-0.39, 0.29) is 5.97 Å². The van der Waals surface area contributed by atoms with E-state index in [2.05, 4.69) is 9.64 Å². The summed E-state index contributed by atoms with van der Waals surface area (Å²) in [6, 6.07) is 5.41. The van der Waals surface area contributed by atoms with E-state index < -0.39 is 0 Å². The molecule has 1 aromatic carbocycles. The predicted octanol–water partition coefficient (Wildman–Crippen LogP) is 3.00. The van der Waals surface area contributed by atoms with E-state index >= 15 is 0 Å². The molecule has 112 valence electrons. The molecule has 0 N–H and O–H groups in total. The van der Waals surface area contributed by atoms with E-state index in [0.29, 0.717) is 42.7 Å². The number of benzene rings is 1. The third kappa shape index (κ3) is 5.67. The van der Waals surface area contributed by atoms with Crippen LogP contribution in [0.2, 0.25) is 10.0 Å². The van der Waals surface area contributed by atoms with Crippen LogP contribution in [0.15, 0.2) is 18.2 Å². The van der Waals surface area contributed by atoms with Crippen LogP contribution in [0.5, 0.6) is 0 Å². The monoisotopic (exact) mass is 319 g/mol. The van der Waals surface area contributed by atoms with Crippen LogP contribution in [-0.4, -0.2) is 44.8 Å². The fraction of sp³-hybridized carbons (Fsp3) is 0.500.